The Balaban J connectivity index is 1.78. The van der Waals surface area contributed by atoms with Gasteiger partial charge in [0.25, 0.3) is 5.91 Å². The monoisotopic (exact) mass is 441 g/mol. The largest absolute Gasteiger partial charge is 0.493 e. The van der Waals surface area contributed by atoms with Crippen LogP contribution < -0.4 is 20.2 Å². The van der Waals surface area contributed by atoms with Gasteiger partial charge in [0.2, 0.25) is 0 Å². The molecule has 7 heteroatoms. The van der Waals surface area contributed by atoms with Crippen LogP contribution in [0.25, 0.3) is 0 Å². The second-order valence-corrected chi connectivity index (χ2v) is 8.25. The Morgan fingerprint density at radius 1 is 1.03 bits per heavy atom. The molecule has 1 saturated heterocycles. The summed E-state index contributed by atoms with van der Waals surface area (Å²) >= 11 is 0. The number of ether oxygens (including phenoxy) is 2. The zero-order valence-corrected chi connectivity index (χ0v) is 19.7. The van der Waals surface area contributed by atoms with Gasteiger partial charge in [-0.05, 0) is 57.0 Å². The number of hydrogen-bond donors (Lipinski definition) is 1. The van der Waals surface area contributed by atoms with Gasteiger partial charge in [-0.1, -0.05) is 19.4 Å². The van der Waals surface area contributed by atoms with Crippen LogP contribution in [-0.4, -0.2) is 49.2 Å². The standard InChI is InChI=1S/C25H35N3O4/c1-5-20-24(25(30)26-17-19-9-10-22(31-3)23(16-19)32-4)21(29)15-18(2)28(20)14-13-27-11-7-6-8-12-27/h9-10,15-16H,5-8,11-14,17H2,1-4H3,(H,26,30). The molecule has 0 bridgehead atoms. The number of rotatable bonds is 9. The molecular formula is C25H35N3O4. The molecule has 1 aliphatic rings. The van der Waals surface area contributed by atoms with Crippen molar-refractivity contribution in [1.29, 1.82) is 0 Å². The summed E-state index contributed by atoms with van der Waals surface area (Å²) in [5.74, 6) is 0.892. The van der Waals surface area contributed by atoms with Gasteiger partial charge >= 0.3 is 0 Å². The predicted octanol–water partition coefficient (Wildman–Crippen LogP) is 3.15. The highest BCUT2D eigenvalue weighted by atomic mass is 16.5. The molecule has 2 heterocycles. The minimum absolute atomic E-state index is 0.224. The van der Waals surface area contributed by atoms with Crippen LogP contribution in [0.1, 0.15) is 53.5 Å². The molecule has 1 aliphatic heterocycles. The Morgan fingerprint density at radius 2 is 1.75 bits per heavy atom. The van der Waals surface area contributed by atoms with Crippen molar-refractivity contribution in [2.75, 3.05) is 33.9 Å². The van der Waals surface area contributed by atoms with E-state index >= 15 is 0 Å². The Morgan fingerprint density at radius 3 is 2.41 bits per heavy atom. The van der Waals surface area contributed by atoms with E-state index in [2.05, 4.69) is 14.8 Å². The van der Waals surface area contributed by atoms with E-state index in [4.69, 9.17) is 9.47 Å². The smallest absolute Gasteiger partial charge is 0.257 e. The molecule has 2 aromatic rings. The average Bonchev–Trinajstić information content (AvgIpc) is 2.81. The van der Waals surface area contributed by atoms with Gasteiger partial charge < -0.3 is 24.3 Å². The maximum absolute atomic E-state index is 13.1. The Kier molecular flexibility index (Phi) is 8.33. The first kappa shape index (κ1) is 23.9. The van der Waals surface area contributed by atoms with E-state index < -0.39 is 0 Å². The van der Waals surface area contributed by atoms with Gasteiger partial charge in [-0.2, -0.15) is 0 Å². The SMILES string of the molecule is CCc1c(C(=O)NCc2ccc(OC)c(OC)c2)c(=O)cc(C)n1CCN1CCCCC1. The predicted molar refractivity (Wildman–Crippen MR) is 126 cm³/mol. The van der Waals surface area contributed by atoms with Crippen molar-refractivity contribution in [1.82, 2.24) is 14.8 Å². The van der Waals surface area contributed by atoms with Gasteiger partial charge in [0.1, 0.15) is 5.56 Å². The van der Waals surface area contributed by atoms with Gasteiger partial charge in [-0.15, -0.1) is 0 Å². The van der Waals surface area contributed by atoms with E-state index in [-0.39, 0.29) is 16.9 Å². The Labute approximate surface area is 190 Å². The average molecular weight is 442 g/mol. The van der Waals surface area contributed by atoms with Gasteiger partial charge in [-0.25, -0.2) is 0 Å². The van der Waals surface area contributed by atoms with Crippen molar-refractivity contribution >= 4 is 5.91 Å². The van der Waals surface area contributed by atoms with Crippen LogP contribution in [-0.2, 0) is 19.5 Å². The van der Waals surface area contributed by atoms with E-state index in [9.17, 15) is 9.59 Å². The second kappa shape index (κ2) is 11.2. The first-order valence-electron chi connectivity index (χ1n) is 11.4. The fourth-order valence-electron chi connectivity index (χ4n) is 4.44. The molecule has 0 saturated carbocycles. The van der Waals surface area contributed by atoms with E-state index in [1.165, 1.54) is 19.3 Å². The van der Waals surface area contributed by atoms with Gasteiger partial charge in [0, 0.05) is 37.1 Å². The number of hydrogen-bond acceptors (Lipinski definition) is 5. The second-order valence-electron chi connectivity index (χ2n) is 8.25. The van der Waals surface area contributed by atoms with Crippen LogP contribution in [0, 0.1) is 6.92 Å². The topological polar surface area (TPSA) is 72.8 Å². The molecule has 174 valence electrons. The highest BCUT2D eigenvalue weighted by Crippen LogP contribution is 2.27. The molecule has 1 aromatic heterocycles. The van der Waals surface area contributed by atoms with Crippen molar-refractivity contribution in [2.45, 2.75) is 52.6 Å². The summed E-state index contributed by atoms with van der Waals surface area (Å²) in [5.41, 5.74) is 2.60. The molecule has 0 aliphatic carbocycles. The van der Waals surface area contributed by atoms with Crippen molar-refractivity contribution in [3.05, 3.63) is 57.0 Å². The molecule has 1 N–H and O–H groups in total. The third kappa shape index (κ3) is 5.51. The van der Waals surface area contributed by atoms with Crippen molar-refractivity contribution in [2.24, 2.45) is 0 Å². The number of piperidine rings is 1. The number of nitrogens with one attached hydrogen (secondary N) is 1. The number of methoxy groups -OCH3 is 2. The summed E-state index contributed by atoms with van der Waals surface area (Å²) in [6.45, 7) is 8.20. The van der Waals surface area contributed by atoms with Gasteiger partial charge in [0.05, 0.1) is 14.2 Å². The van der Waals surface area contributed by atoms with Crippen molar-refractivity contribution in [3.8, 4) is 11.5 Å². The van der Waals surface area contributed by atoms with Crippen LogP contribution in [0.4, 0.5) is 0 Å². The summed E-state index contributed by atoms with van der Waals surface area (Å²) in [6, 6.07) is 7.08. The molecule has 0 radical (unpaired) electrons. The van der Waals surface area contributed by atoms with Crippen LogP contribution in [0.5, 0.6) is 11.5 Å². The maximum atomic E-state index is 13.1. The molecule has 3 rings (SSSR count). The van der Waals surface area contributed by atoms with Crippen LogP contribution in [0.2, 0.25) is 0 Å². The lowest BCUT2D eigenvalue weighted by Gasteiger charge is -2.28. The van der Waals surface area contributed by atoms with Gasteiger partial charge in [0.15, 0.2) is 16.9 Å². The first-order chi connectivity index (χ1) is 15.5. The number of amides is 1. The number of carbonyl (C=O) groups excluding carboxylic acids is 1. The normalized spacial score (nSPS) is 14.2. The fraction of sp³-hybridized carbons (Fsp3) is 0.520. The van der Waals surface area contributed by atoms with E-state index in [0.717, 1.165) is 43.1 Å². The fourth-order valence-corrected chi connectivity index (χ4v) is 4.44. The lowest BCUT2D eigenvalue weighted by Crippen LogP contribution is -2.35. The molecule has 32 heavy (non-hydrogen) atoms. The highest BCUT2D eigenvalue weighted by molar-refractivity contribution is 5.95. The number of likely N-dealkylation sites (tertiary alicyclic amines) is 1. The van der Waals surface area contributed by atoms with Crippen LogP contribution >= 0.6 is 0 Å². The van der Waals surface area contributed by atoms with Crippen molar-refractivity contribution < 1.29 is 14.3 Å². The summed E-state index contributed by atoms with van der Waals surface area (Å²) < 4.78 is 12.7. The zero-order chi connectivity index (χ0) is 23.1. The molecule has 1 fully saturated rings. The van der Waals surface area contributed by atoms with Crippen LogP contribution in [0.15, 0.2) is 29.1 Å². The number of nitrogens with zero attached hydrogens (tertiary/aromatic N) is 2. The lowest BCUT2D eigenvalue weighted by molar-refractivity contribution is 0.0947. The molecule has 0 atom stereocenters. The quantitative estimate of drug-likeness (QED) is 0.647. The number of benzene rings is 1. The summed E-state index contributed by atoms with van der Waals surface area (Å²) in [4.78, 5) is 28.3. The lowest BCUT2D eigenvalue weighted by atomic mass is 10.1. The molecular weight excluding hydrogens is 406 g/mol. The molecule has 1 amide bonds. The Hall–Kier alpha value is -2.80. The minimum atomic E-state index is -0.339. The summed E-state index contributed by atoms with van der Waals surface area (Å²) in [6.07, 6.45) is 4.41. The van der Waals surface area contributed by atoms with E-state index in [1.54, 1.807) is 26.4 Å². The maximum Gasteiger partial charge on any atom is 0.257 e. The van der Waals surface area contributed by atoms with Crippen molar-refractivity contribution in [3.63, 3.8) is 0 Å². The third-order valence-electron chi connectivity index (χ3n) is 6.18. The molecule has 0 unspecified atom stereocenters. The molecule has 0 spiro atoms. The summed E-state index contributed by atoms with van der Waals surface area (Å²) in [7, 11) is 3.16. The number of aromatic nitrogens is 1. The molecule has 7 nitrogen and oxygen atoms in total. The van der Waals surface area contributed by atoms with E-state index in [0.29, 0.717) is 24.5 Å². The van der Waals surface area contributed by atoms with E-state index in [1.807, 2.05) is 26.0 Å². The number of aryl methyl sites for hydroxylation is 1. The highest BCUT2D eigenvalue weighted by Gasteiger charge is 2.20. The number of pyridine rings is 1. The summed E-state index contributed by atoms with van der Waals surface area (Å²) in [5, 5.41) is 2.91. The Bertz CT molecular complexity index is 993. The van der Waals surface area contributed by atoms with Gasteiger partial charge in [-0.3, -0.25) is 9.59 Å². The zero-order valence-electron chi connectivity index (χ0n) is 19.7. The molecule has 1 aromatic carbocycles. The van der Waals surface area contributed by atoms with Crippen LogP contribution in [0.3, 0.4) is 0 Å². The minimum Gasteiger partial charge on any atom is -0.493 e. The first-order valence-corrected chi connectivity index (χ1v) is 11.4. The third-order valence-corrected chi connectivity index (χ3v) is 6.18. The number of carbonyl (C=O) groups is 1.